The molecule has 1 amide bonds. The van der Waals surface area contributed by atoms with Gasteiger partial charge in [0.2, 0.25) is 5.91 Å². The third-order valence-corrected chi connectivity index (χ3v) is 5.65. The number of nitriles is 1. The zero-order valence-electron chi connectivity index (χ0n) is 18.5. The second kappa shape index (κ2) is 10.9. The van der Waals surface area contributed by atoms with Crippen molar-refractivity contribution in [3.05, 3.63) is 71.3 Å². The van der Waals surface area contributed by atoms with E-state index in [1.165, 1.54) is 24.3 Å². The van der Waals surface area contributed by atoms with Gasteiger partial charge in [0.05, 0.1) is 34.7 Å². The van der Waals surface area contributed by atoms with E-state index in [0.29, 0.717) is 29.7 Å². The van der Waals surface area contributed by atoms with Crippen LogP contribution in [0.3, 0.4) is 0 Å². The van der Waals surface area contributed by atoms with Crippen molar-refractivity contribution < 1.29 is 35.9 Å². The van der Waals surface area contributed by atoms with Crippen LogP contribution in [0.5, 0.6) is 5.75 Å². The Labute approximate surface area is 206 Å². The van der Waals surface area contributed by atoms with Crippen molar-refractivity contribution in [2.45, 2.75) is 24.3 Å². The van der Waals surface area contributed by atoms with Crippen LogP contribution >= 0.6 is 11.8 Å². The Kier molecular flexibility index (Phi) is 8.14. The smallest absolute Gasteiger partial charge is 0.417 e. The summed E-state index contributed by atoms with van der Waals surface area (Å²) >= 11 is 0.567. The zero-order chi connectivity index (χ0) is 26.5. The van der Waals surface area contributed by atoms with Gasteiger partial charge < -0.3 is 10.1 Å². The van der Waals surface area contributed by atoms with Gasteiger partial charge in [0.25, 0.3) is 0 Å². The van der Waals surface area contributed by atoms with Gasteiger partial charge in [-0.1, -0.05) is 17.8 Å². The fraction of sp³-hybridized carbons (Fsp3) is 0.208. The van der Waals surface area contributed by atoms with E-state index in [0.717, 1.165) is 24.3 Å². The molecule has 0 aliphatic heterocycles. The minimum Gasteiger partial charge on any atom is -0.494 e. The molecular formula is C24H17F6N3O2S. The number of carbonyl (C=O) groups is 1. The number of aromatic nitrogens is 1. The molecule has 0 fully saturated rings. The van der Waals surface area contributed by atoms with Crippen LogP contribution in [0, 0.1) is 11.3 Å². The molecule has 1 aromatic heterocycles. The number of anilines is 1. The average molecular weight is 525 g/mol. The van der Waals surface area contributed by atoms with E-state index >= 15 is 0 Å². The summed E-state index contributed by atoms with van der Waals surface area (Å²) in [6.07, 6.45) is -9.49. The molecule has 3 rings (SSSR count). The van der Waals surface area contributed by atoms with Crippen molar-refractivity contribution in [1.82, 2.24) is 4.98 Å². The first-order valence-electron chi connectivity index (χ1n) is 10.3. The molecule has 1 N–H and O–H groups in total. The number of alkyl halides is 6. The number of rotatable bonds is 7. The van der Waals surface area contributed by atoms with E-state index in [1.807, 2.05) is 0 Å². The highest BCUT2D eigenvalue weighted by Crippen LogP contribution is 2.38. The van der Waals surface area contributed by atoms with Crippen molar-refractivity contribution in [1.29, 1.82) is 5.26 Å². The van der Waals surface area contributed by atoms with E-state index in [4.69, 9.17) is 4.74 Å². The second-order valence-corrected chi connectivity index (χ2v) is 8.18. The minimum absolute atomic E-state index is 0.0786. The molecule has 0 saturated heterocycles. The van der Waals surface area contributed by atoms with Crippen molar-refractivity contribution in [2.24, 2.45) is 0 Å². The fourth-order valence-electron chi connectivity index (χ4n) is 3.10. The monoisotopic (exact) mass is 525 g/mol. The number of carbonyl (C=O) groups excluding carboxylic acids is 1. The highest BCUT2D eigenvalue weighted by Gasteiger charge is 2.36. The first-order valence-corrected chi connectivity index (χ1v) is 11.3. The van der Waals surface area contributed by atoms with Crippen molar-refractivity contribution >= 4 is 23.4 Å². The molecule has 3 aromatic rings. The van der Waals surface area contributed by atoms with Gasteiger partial charge in [0.1, 0.15) is 16.8 Å². The molecule has 5 nitrogen and oxygen atoms in total. The molecule has 0 bridgehead atoms. The number of hydrogen-bond donors (Lipinski definition) is 1. The van der Waals surface area contributed by atoms with Crippen LogP contribution in [0.2, 0.25) is 0 Å². The summed E-state index contributed by atoms with van der Waals surface area (Å²) < 4.78 is 85.1. The maximum absolute atomic E-state index is 13.7. The zero-order valence-corrected chi connectivity index (χ0v) is 19.3. The molecule has 0 unspecified atom stereocenters. The molecule has 0 spiro atoms. The fourth-order valence-corrected chi connectivity index (χ4v) is 3.90. The lowest BCUT2D eigenvalue weighted by Gasteiger charge is -2.15. The Hall–Kier alpha value is -3.72. The number of pyridine rings is 1. The number of nitrogens with one attached hydrogen (secondary N) is 1. The number of hydrogen-bond acceptors (Lipinski definition) is 5. The van der Waals surface area contributed by atoms with Crippen LogP contribution in [0.1, 0.15) is 23.6 Å². The van der Waals surface area contributed by atoms with Gasteiger partial charge in [-0.15, -0.1) is 0 Å². The Morgan fingerprint density at radius 2 is 1.75 bits per heavy atom. The molecule has 0 aliphatic rings. The van der Waals surface area contributed by atoms with E-state index in [2.05, 4.69) is 10.3 Å². The molecule has 0 saturated carbocycles. The predicted octanol–water partition coefficient (Wildman–Crippen LogP) is 6.79. The Balaban J connectivity index is 1.88. The van der Waals surface area contributed by atoms with Crippen LogP contribution in [-0.4, -0.2) is 23.3 Å². The summed E-state index contributed by atoms with van der Waals surface area (Å²) in [6.45, 7) is 2.18. The third kappa shape index (κ3) is 6.69. The summed E-state index contributed by atoms with van der Waals surface area (Å²) in [7, 11) is 0. The number of halogens is 6. The summed E-state index contributed by atoms with van der Waals surface area (Å²) in [5.41, 5.74) is -2.84. The van der Waals surface area contributed by atoms with Crippen molar-refractivity contribution in [3.63, 3.8) is 0 Å². The summed E-state index contributed by atoms with van der Waals surface area (Å²) in [5, 5.41) is 11.3. The first kappa shape index (κ1) is 26.9. The van der Waals surface area contributed by atoms with Gasteiger partial charge >= 0.3 is 12.4 Å². The standard InChI is InChI=1S/C24H17F6N3O2S/c1-2-35-17-8-6-14(7-9-17)20-11-19(24(28,29)30)18(12-31)22(33-20)36-13-21(34)32-16-5-3-4-15(10-16)23(25,26)27/h3-11H,2,13H2,1H3,(H,32,34). The lowest BCUT2D eigenvalue weighted by Crippen LogP contribution is -2.16. The Morgan fingerprint density at radius 1 is 1.06 bits per heavy atom. The second-order valence-electron chi connectivity index (χ2n) is 7.22. The number of thioether (sulfide) groups is 1. The van der Waals surface area contributed by atoms with Crippen LogP contribution in [0.25, 0.3) is 11.3 Å². The van der Waals surface area contributed by atoms with Gasteiger partial charge in [0.15, 0.2) is 0 Å². The maximum atomic E-state index is 13.7. The number of benzene rings is 2. The van der Waals surface area contributed by atoms with Gasteiger partial charge in [-0.2, -0.15) is 31.6 Å². The largest absolute Gasteiger partial charge is 0.494 e. The summed E-state index contributed by atoms with van der Waals surface area (Å²) in [5.74, 6) is -0.779. The van der Waals surface area contributed by atoms with E-state index < -0.39 is 40.7 Å². The highest BCUT2D eigenvalue weighted by atomic mass is 32.2. The quantitative estimate of drug-likeness (QED) is 0.272. The van der Waals surface area contributed by atoms with E-state index in [-0.39, 0.29) is 16.4 Å². The van der Waals surface area contributed by atoms with Crippen LogP contribution in [0.4, 0.5) is 32.0 Å². The molecule has 0 aliphatic carbocycles. The van der Waals surface area contributed by atoms with Crippen molar-refractivity contribution in [3.8, 4) is 23.1 Å². The number of nitrogens with zero attached hydrogens (tertiary/aromatic N) is 2. The van der Waals surface area contributed by atoms with Crippen molar-refractivity contribution in [2.75, 3.05) is 17.7 Å². The number of amides is 1. The van der Waals surface area contributed by atoms with Gasteiger partial charge in [-0.25, -0.2) is 4.98 Å². The molecule has 1 heterocycles. The minimum atomic E-state index is -4.87. The first-order chi connectivity index (χ1) is 16.9. The predicted molar refractivity (Wildman–Crippen MR) is 121 cm³/mol. The maximum Gasteiger partial charge on any atom is 0.417 e. The summed E-state index contributed by atoms with van der Waals surface area (Å²) in [4.78, 5) is 16.5. The Morgan fingerprint density at radius 3 is 2.33 bits per heavy atom. The van der Waals surface area contributed by atoms with Crippen LogP contribution in [-0.2, 0) is 17.1 Å². The SMILES string of the molecule is CCOc1ccc(-c2cc(C(F)(F)F)c(C#N)c(SCC(=O)Nc3cccc(C(F)(F)F)c3)n2)cc1. The Bertz CT molecular complexity index is 1280. The summed E-state index contributed by atoms with van der Waals surface area (Å²) in [6, 6.07) is 12.3. The normalized spacial score (nSPS) is 11.6. The number of ether oxygens (including phenoxy) is 1. The average Bonchev–Trinajstić information content (AvgIpc) is 2.82. The molecular weight excluding hydrogens is 508 g/mol. The topological polar surface area (TPSA) is 75.0 Å². The molecule has 188 valence electrons. The van der Waals surface area contributed by atoms with Crippen LogP contribution in [0.15, 0.2) is 59.6 Å². The third-order valence-electron chi connectivity index (χ3n) is 4.68. The van der Waals surface area contributed by atoms with Gasteiger partial charge in [-0.3, -0.25) is 4.79 Å². The van der Waals surface area contributed by atoms with Gasteiger partial charge in [0, 0.05) is 11.3 Å². The highest BCUT2D eigenvalue weighted by molar-refractivity contribution is 8.00. The lowest BCUT2D eigenvalue weighted by molar-refractivity contribution is -0.138. The molecule has 0 radical (unpaired) electrons. The van der Waals surface area contributed by atoms with E-state index in [1.54, 1.807) is 19.1 Å². The molecule has 12 heteroatoms. The lowest BCUT2D eigenvalue weighted by atomic mass is 10.1. The molecule has 36 heavy (non-hydrogen) atoms. The molecule has 0 atom stereocenters. The molecule has 2 aromatic carbocycles. The van der Waals surface area contributed by atoms with Crippen LogP contribution < -0.4 is 10.1 Å². The van der Waals surface area contributed by atoms with E-state index in [9.17, 15) is 36.4 Å². The van der Waals surface area contributed by atoms with Gasteiger partial charge in [-0.05, 0) is 55.5 Å².